The molecule has 3 nitrogen and oxygen atoms in total. The maximum absolute atomic E-state index is 5.84. The molecule has 3 unspecified atom stereocenters. The van der Waals surface area contributed by atoms with E-state index in [1.165, 1.54) is 19.3 Å². The summed E-state index contributed by atoms with van der Waals surface area (Å²) in [7, 11) is 0. The lowest BCUT2D eigenvalue weighted by Crippen LogP contribution is -2.39. The van der Waals surface area contributed by atoms with Crippen molar-refractivity contribution in [1.29, 1.82) is 0 Å². The fourth-order valence-corrected chi connectivity index (χ4v) is 2.54. The van der Waals surface area contributed by atoms with Gasteiger partial charge >= 0.3 is 0 Å². The molecule has 0 aromatic carbocycles. The summed E-state index contributed by atoms with van der Waals surface area (Å²) in [6, 6.07) is 3.06. The van der Waals surface area contributed by atoms with Crippen molar-refractivity contribution in [2.45, 2.75) is 31.3 Å². The predicted molar refractivity (Wildman–Crippen MR) is 62.8 cm³/mol. The van der Waals surface area contributed by atoms with Crippen LogP contribution in [0.15, 0.2) is 18.5 Å². The minimum Gasteiger partial charge on any atom is -0.490 e. The van der Waals surface area contributed by atoms with Gasteiger partial charge in [-0.05, 0) is 25.2 Å². The van der Waals surface area contributed by atoms with Gasteiger partial charge in [-0.1, -0.05) is 11.6 Å². The molecule has 1 saturated carbocycles. The number of hydrogen-bond donors (Lipinski definition) is 1. The molecule has 1 aliphatic carbocycles. The van der Waals surface area contributed by atoms with E-state index < -0.39 is 0 Å². The molecule has 1 N–H and O–H groups in total. The molecule has 1 aromatic heterocycles. The van der Waals surface area contributed by atoms with Gasteiger partial charge in [0.2, 0.25) is 0 Å². The second-order valence-corrected chi connectivity index (χ2v) is 5.13. The average Bonchev–Trinajstić information content (AvgIpc) is 3.04. The molecule has 3 rings (SSSR count). The fraction of sp³-hybridized carbons (Fsp3) is 0.583. The summed E-state index contributed by atoms with van der Waals surface area (Å²) >= 11 is 5.84. The summed E-state index contributed by atoms with van der Waals surface area (Å²) < 4.78 is 5.68. The summed E-state index contributed by atoms with van der Waals surface area (Å²) in [5.74, 6) is 1.70. The van der Waals surface area contributed by atoms with Gasteiger partial charge in [0, 0.05) is 24.3 Å². The molecule has 0 spiro atoms. The zero-order chi connectivity index (χ0) is 11.0. The summed E-state index contributed by atoms with van der Waals surface area (Å²) in [6.45, 7) is 0.714. The van der Waals surface area contributed by atoms with E-state index >= 15 is 0 Å². The van der Waals surface area contributed by atoms with Crippen LogP contribution < -0.4 is 10.1 Å². The van der Waals surface area contributed by atoms with Crippen molar-refractivity contribution in [3.05, 3.63) is 23.5 Å². The smallest absolute Gasteiger partial charge is 0.139 e. The summed E-state index contributed by atoms with van der Waals surface area (Å²) in [5.41, 5.74) is 0. The van der Waals surface area contributed by atoms with Crippen LogP contribution >= 0.6 is 11.6 Å². The van der Waals surface area contributed by atoms with E-state index in [-0.39, 0.29) is 0 Å². The molecule has 3 atom stereocenters. The van der Waals surface area contributed by atoms with E-state index in [1.807, 2.05) is 0 Å². The number of pyridine rings is 1. The number of nitrogens with one attached hydrogen (secondary N) is 1. The first-order valence-electron chi connectivity index (χ1n) is 5.80. The van der Waals surface area contributed by atoms with Gasteiger partial charge in [0.25, 0.3) is 0 Å². The Hall–Kier alpha value is -0.800. The van der Waals surface area contributed by atoms with E-state index in [1.54, 1.807) is 18.5 Å². The molecule has 2 heterocycles. The molecule has 2 aliphatic rings. The minimum atomic E-state index is 0.489. The highest BCUT2D eigenvalue weighted by Gasteiger charge is 2.41. The maximum Gasteiger partial charge on any atom is 0.139 e. The Balaban J connectivity index is 1.52. The van der Waals surface area contributed by atoms with Gasteiger partial charge in [0.15, 0.2) is 0 Å². The number of halogens is 1. The third-order valence-electron chi connectivity index (χ3n) is 3.39. The van der Waals surface area contributed by atoms with Gasteiger partial charge in [0.1, 0.15) is 12.4 Å². The number of ether oxygens (including phenoxy) is 1. The monoisotopic (exact) mass is 238 g/mol. The Bertz CT molecular complexity index is 385. The summed E-state index contributed by atoms with van der Waals surface area (Å²) in [5, 5.41) is 4.22. The van der Waals surface area contributed by atoms with Crippen LogP contribution in [-0.2, 0) is 0 Å². The Labute approximate surface area is 100 Å². The van der Waals surface area contributed by atoms with Crippen molar-refractivity contribution >= 4 is 11.6 Å². The van der Waals surface area contributed by atoms with Crippen molar-refractivity contribution in [1.82, 2.24) is 10.3 Å². The zero-order valence-corrected chi connectivity index (χ0v) is 9.78. The highest BCUT2D eigenvalue weighted by molar-refractivity contribution is 6.30. The first kappa shape index (κ1) is 10.4. The van der Waals surface area contributed by atoms with Crippen LogP contribution in [0.5, 0.6) is 5.75 Å². The largest absolute Gasteiger partial charge is 0.490 e. The number of rotatable bonds is 3. The second-order valence-electron chi connectivity index (χ2n) is 4.69. The molecule has 0 amide bonds. The molecule has 86 valence electrons. The van der Waals surface area contributed by atoms with Crippen LogP contribution in [0.3, 0.4) is 0 Å². The Morgan fingerprint density at radius 3 is 3.19 bits per heavy atom. The highest BCUT2D eigenvalue weighted by Crippen LogP contribution is 2.39. The second kappa shape index (κ2) is 4.22. The maximum atomic E-state index is 5.84. The summed E-state index contributed by atoms with van der Waals surface area (Å²) in [6.07, 6.45) is 7.24. The van der Waals surface area contributed by atoms with Gasteiger partial charge in [-0.25, -0.2) is 0 Å². The lowest BCUT2D eigenvalue weighted by Gasteiger charge is -2.23. The van der Waals surface area contributed by atoms with Crippen molar-refractivity contribution in [2.75, 3.05) is 6.61 Å². The third-order valence-corrected chi connectivity index (χ3v) is 3.60. The molecular weight excluding hydrogens is 224 g/mol. The highest BCUT2D eigenvalue weighted by atomic mass is 35.5. The number of aromatic nitrogens is 1. The zero-order valence-electron chi connectivity index (χ0n) is 9.03. The quantitative estimate of drug-likeness (QED) is 0.877. The molecule has 2 fully saturated rings. The molecule has 16 heavy (non-hydrogen) atoms. The number of fused-ring (bicyclic) bond motifs is 1. The van der Waals surface area contributed by atoms with Gasteiger partial charge in [-0.15, -0.1) is 0 Å². The van der Waals surface area contributed by atoms with Crippen LogP contribution in [-0.4, -0.2) is 23.7 Å². The number of nitrogens with zero attached hydrogens (tertiary/aromatic N) is 1. The minimum absolute atomic E-state index is 0.489. The van der Waals surface area contributed by atoms with E-state index in [9.17, 15) is 0 Å². The fourth-order valence-electron chi connectivity index (χ4n) is 2.37. The predicted octanol–water partition coefficient (Wildman–Crippen LogP) is 2.25. The lowest BCUT2D eigenvalue weighted by atomic mass is 10.1. The topological polar surface area (TPSA) is 34.1 Å². The lowest BCUT2D eigenvalue weighted by molar-refractivity contribution is 0.236. The van der Waals surface area contributed by atoms with Crippen LogP contribution in [0.4, 0.5) is 0 Å². The van der Waals surface area contributed by atoms with Crippen LogP contribution in [0.25, 0.3) is 0 Å². The van der Waals surface area contributed by atoms with Gasteiger partial charge in [-0.3, -0.25) is 4.98 Å². The van der Waals surface area contributed by atoms with E-state index in [2.05, 4.69) is 10.3 Å². The molecule has 1 aromatic rings. The molecule has 0 radical (unpaired) electrons. The van der Waals surface area contributed by atoms with Crippen molar-refractivity contribution in [3.63, 3.8) is 0 Å². The SMILES string of the molecule is Clc1cncc(OCC2CCC3CC3N2)c1. The Morgan fingerprint density at radius 1 is 1.44 bits per heavy atom. The van der Waals surface area contributed by atoms with Gasteiger partial charge in [0.05, 0.1) is 11.2 Å². The first-order valence-corrected chi connectivity index (χ1v) is 6.18. The van der Waals surface area contributed by atoms with Crippen LogP contribution in [0, 0.1) is 5.92 Å². The Kier molecular flexibility index (Phi) is 2.74. The van der Waals surface area contributed by atoms with Crippen molar-refractivity contribution < 1.29 is 4.74 Å². The van der Waals surface area contributed by atoms with Crippen molar-refractivity contribution in [2.24, 2.45) is 5.92 Å². The standard InChI is InChI=1S/C12H15ClN2O/c13-9-4-11(6-14-5-9)16-7-10-2-1-8-3-12(8)15-10/h4-6,8,10,12,15H,1-3,7H2. The van der Waals surface area contributed by atoms with E-state index in [0.717, 1.165) is 17.7 Å². The van der Waals surface area contributed by atoms with Crippen molar-refractivity contribution in [3.8, 4) is 5.75 Å². The average molecular weight is 239 g/mol. The Morgan fingerprint density at radius 2 is 2.38 bits per heavy atom. The number of hydrogen-bond acceptors (Lipinski definition) is 3. The third kappa shape index (κ3) is 2.30. The molecule has 1 aliphatic heterocycles. The molecular formula is C12H15ClN2O. The first-order chi connectivity index (χ1) is 7.81. The van der Waals surface area contributed by atoms with Gasteiger partial charge in [-0.2, -0.15) is 0 Å². The summed E-state index contributed by atoms with van der Waals surface area (Å²) in [4.78, 5) is 3.99. The van der Waals surface area contributed by atoms with Gasteiger partial charge < -0.3 is 10.1 Å². The number of piperidine rings is 1. The van der Waals surface area contributed by atoms with Crippen LogP contribution in [0.1, 0.15) is 19.3 Å². The van der Waals surface area contributed by atoms with Crippen LogP contribution in [0.2, 0.25) is 5.02 Å². The normalized spacial score (nSPS) is 31.9. The van der Waals surface area contributed by atoms with E-state index in [0.29, 0.717) is 17.7 Å². The van der Waals surface area contributed by atoms with E-state index in [4.69, 9.17) is 16.3 Å². The molecule has 1 saturated heterocycles. The molecule has 0 bridgehead atoms. The molecule has 4 heteroatoms.